The molecule has 0 amide bonds. The van der Waals surface area contributed by atoms with Crippen molar-refractivity contribution >= 4 is 11.8 Å². The van der Waals surface area contributed by atoms with Crippen molar-refractivity contribution in [1.82, 2.24) is 20.2 Å². The summed E-state index contributed by atoms with van der Waals surface area (Å²) in [6.07, 6.45) is 2.16. The van der Waals surface area contributed by atoms with Crippen molar-refractivity contribution in [2.24, 2.45) is 5.73 Å². The van der Waals surface area contributed by atoms with Crippen molar-refractivity contribution in [3.63, 3.8) is 0 Å². The van der Waals surface area contributed by atoms with Crippen LogP contribution in [0.25, 0.3) is 0 Å². The van der Waals surface area contributed by atoms with Crippen LogP contribution in [-0.2, 0) is 0 Å². The Bertz CT molecular complexity index is 594. The first-order chi connectivity index (χ1) is 9.16. The van der Waals surface area contributed by atoms with Gasteiger partial charge in [-0.2, -0.15) is 0 Å². The van der Waals surface area contributed by atoms with E-state index in [1.807, 2.05) is 13.0 Å². The smallest absolute Gasteiger partial charge is 0.214 e. The average Bonchev–Trinajstić information content (AvgIpc) is 3.12. The van der Waals surface area contributed by atoms with E-state index in [4.69, 9.17) is 5.73 Å². The van der Waals surface area contributed by atoms with Crippen LogP contribution in [0, 0.1) is 5.82 Å². The molecule has 1 aromatic carbocycles. The van der Waals surface area contributed by atoms with E-state index in [2.05, 4.69) is 15.5 Å². The zero-order chi connectivity index (χ0) is 13.4. The summed E-state index contributed by atoms with van der Waals surface area (Å²) < 4.78 is 15.8. The van der Waals surface area contributed by atoms with Crippen LogP contribution in [0.2, 0.25) is 0 Å². The summed E-state index contributed by atoms with van der Waals surface area (Å²) in [6, 6.07) is 5.06. The van der Waals surface area contributed by atoms with E-state index < -0.39 is 0 Å². The van der Waals surface area contributed by atoms with Gasteiger partial charge in [0.05, 0.1) is 10.9 Å². The molecule has 1 heterocycles. The molecule has 1 aliphatic rings. The molecule has 0 radical (unpaired) electrons. The maximum Gasteiger partial charge on any atom is 0.214 e. The molecule has 1 aliphatic carbocycles. The second-order valence-corrected chi connectivity index (χ2v) is 5.66. The van der Waals surface area contributed by atoms with Gasteiger partial charge in [-0.1, -0.05) is 12.1 Å². The van der Waals surface area contributed by atoms with Crippen molar-refractivity contribution in [3.8, 4) is 0 Å². The summed E-state index contributed by atoms with van der Waals surface area (Å²) in [4.78, 5) is 0.509. The van der Waals surface area contributed by atoms with Gasteiger partial charge in [-0.05, 0) is 53.6 Å². The molecule has 1 atom stereocenters. The van der Waals surface area contributed by atoms with Gasteiger partial charge in [0.2, 0.25) is 5.16 Å². The molecule has 0 aliphatic heterocycles. The minimum absolute atomic E-state index is 0.233. The molecule has 1 aromatic heterocycles. The Morgan fingerprint density at radius 3 is 2.95 bits per heavy atom. The van der Waals surface area contributed by atoms with Crippen LogP contribution in [0.5, 0.6) is 0 Å². The molecular formula is C12H14FN5S. The molecule has 19 heavy (non-hydrogen) atoms. The van der Waals surface area contributed by atoms with Crippen molar-refractivity contribution < 1.29 is 4.39 Å². The lowest BCUT2D eigenvalue weighted by Crippen LogP contribution is -2.08. The standard InChI is InChI=1S/C12H14FN5S/c1-7(14)9-3-2-4-10(13)11(9)19-12-15-16-17-18(12)8-5-6-8/h2-4,7-8H,5-6,14H2,1H3/t7-/m1/s1. The van der Waals surface area contributed by atoms with Gasteiger partial charge in [0.25, 0.3) is 0 Å². The molecule has 7 heteroatoms. The molecule has 3 rings (SSSR count). The van der Waals surface area contributed by atoms with Crippen LogP contribution < -0.4 is 5.73 Å². The fourth-order valence-corrected chi connectivity index (χ4v) is 2.96. The van der Waals surface area contributed by atoms with E-state index >= 15 is 0 Å². The zero-order valence-electron chi connectivity index (χ0n) is 10.5. The third-order valence-electron chi connectivity index (χ3n) is 3.04. The van der Waals surface area contributed by atoms with Crippen LogP contribution in [-0.4, -0.2) is 20.2 Å². The van der Waals surface area contributed by atoms with Gasteiger partial charge >= 0.3 is 0 Å². The first-order valence-electron chi connectivity index (χ1n) is 6.16. The Hall–Kier alpha value is -1.47. The van der Waals surface area contributed by atoms with Crippen molar-refractivity contribution in [3.05, 3.63) is 29.6 Å². The lowest BCUT2D eigenvalue weighted by molar-refractivity contribution is 0.562. The fourth-order valence-electron chi connectivity index (χ4n) is 1.88. The van der Waals surface area contributed by atoms with Gasteiger partial charge in [-0.3, -0.25) is 0 Å². The number of benzene rings is 1. The molecule has 0 bridgehead atoms. The molecule has 0 saturated heterocycles. The first kappa shape index (κ1) is 12.6. The van der Waals surface area contributed by atoms with Crippen LogP contribution in [0.3, 0.4) is 0 Å². The normalized spacial score (nSPS) is 16.6. The highest BCUT2D eigenvalue weighted by molar-refractivity contribution is 7.99. The van der Waals surface area contributed by atoms with Gasteiger partial charge in [0.15, 0.2) is 0 Å². The van der Waals surface area contributed by atoms with Crippen LogP contribution in [0.1, 0.15) is 37.4 Å². The molecule has 1 saturated carbocycles. The Kier molecular flexibility index (Phi) is 3.24. The molecule has 2 N–H and O–H groups in total. The van der Waals surface area contributed by atoms with Gasteiger partial charge < -0.3 is 5.73 Å². The Morgan fingerprint density at radius 1 is 1.47 bits per heavy atom. The third kappa shape index (κ3) is 2.48. The second-order valence-electron chi connectivity index (χ2n) is 4.69. The van der Waals surface area contributed by atoms with Crippen LogP contribution in [0.15, 0.2) is 28.3 Å². The monoisotopic (exact) mass is 279 g/mol. The van der Waals surface area contributed by atoms with Crippen molar-refractivity contribution in [2.75, 3.05) is 0 Å². The second kappa shape index (κ2) is 4.90. The summed E-state index contributed by atoms with van der Waals surface area (Å²) in [5.41, 5.74) is 6.66. The number of nitrogens with two attached hydrogens (primary N) is 1. The first-order valence-corrected chi connectivity index (χ1v) is 6.98. The van der Waals surface area contributed by atoms with Crippen molar-refractivity contribution in [2.45, 2.75) is 41.9 Å². The number of hydrogen-bond donors (Lipinski definition) is 1. The average molecular weight is 279 g/mol. The van der Waals surface area contributed by atoms with E-state index in [1.54, 1.807) is 10.7 Å². The number of rotatable bonds is 4. The number of tetrazole rings is 1. The zero-order valence-corrected chi connectivity index (χ0v) is 11.3. The summed E-state index contributed by atoms with van der Waals surface area (Å²) in [7, 11) is 0. The van der Waals surface area contributed by atoms with E-state index in [9.17, 15) is 4.39 Å². The Labute approximate surface area is 114 Å². The summed E-state index contributed by atoms with van der Waals surface area (Å²) >= 11 is 1.24. The number of halogens is 1. The van der Waals surface area contributed by atoms with Gasteiger partial charge in [0.1, 0.15) is 5.82 Å². The molecule has 0 spiro atoms. The molecular weight excluding hydrogens is 265 g/mol. The highest BCUT2D eigenvalue weighted by Crippen LogP contribution is 2.39. The molecule has 2 aromatic rings. The van der Waals surface area contributed by atoms with Gasteiger partial charge in [-0.15, -0.1) is 5.10 Å². The summed E-state index contributed by atoms with van der Waals surface area (Å²) in [5.74, 6) is -0.287. The number of hydrogen-bond acceptors (Lipinski definition) is 5. The largest absolute Gasteiger partial charge is 0.324 e. The minimum atomic E-state index is -0.287. The summed E-state index contributed by atoms with van der Waals surface area (Å²) in [6.45, 7) is 1.84. The minimum Gasteiger partial charge on any atom is -0.324 e. The third-order valence-corrected chi connectivity index (χ3v) is 4.12. The highest BCUT2D eigenvalue weighted by atomic mass is 32.2. The van der Waals surface area contributed by atoms with Gasteiger partial charge in [0, 0.05) is 6.04 Å². The van der Waals surface area contributed by atoms with Crippen LogP contribution in [0.4, 0.5) is 4.39 Å². The number of nitrogens with zero attached hydrogens (tertiary/aromatic N) is 4. The number of aromatic nitrogens is 4. The quantitative estimate of drug-likeness (QED) is 0.930. The van der Waals surface area contributed by atoms with Gasteiger partial charge in [-0.25, -0.2) is 9.07 Å². The molecule has 1 fully saturated rings. The van der Waals surface area contributed by atoms with Crippen LogP contribution >= 0.6 is 11.8 Å². The SMILES string of the molecule is C[C@@H](N)c1cccc(F)c1Sc1nnnn1C1CC1. The topological polar surface area (TPSA) is 69.6 Å². The highest BCUT2D eigenvalue weighted by Gasteiger charge is 2.28. The maximum atomic E-state index is 14.0. The molecule has 5 nitrogen and oxygen atoms in total. The van der Waals surface area contributed by atoms with Crippen molar-refractivity contribution in [1.29, 1.82) is 0 Å². The fraction of sp³-hybridized carbons (Fsp3) is 0.417. The Balaban J connectivity index is 1.96. The Morgan fingerprint density at radius 2 is 2.26 bits per heavy atom. The predicted molar refractivity (Wildman–Crippen MR) is 69.2 cm³/mol. The lowest BCUT2D eigenvalue weighted by Gasteiger charge is -2.12. The van der Waals surface area contributed by atoms with E-state index in [-0.39, 0.29) is 11.9 Å². The maximum absolute atomic E-state index is 14.0. The van der Waals surface area contributed by atoms with E-state index in [0.717, 1.165) is 18.4 Å². The molecule has 100 valence electrons. The molecule has 0 unspecified atom stereocenters. The van der Waals surface area contributed by atoms with E-state index in [1.165, 1.54) is 17.8 Å². The summed E-state index contributed by atoms with van der Waals surface area (Å²) in [5, 5.41) is 12.2. The predicted octanol–water partition coefficient (Wildman–Crippen LogP) is 2.32. The van der Waals surface area contributed by atoms with E-state index in [0.29, 0.717) is 16.1 Å². The lowest BCUT2D eigenvalue weighted by atomic mass is 10.1.